The lowest BCUT2D eigenvalue weighted by Gasteiger charge is -2.36. The molecule has 0 spiro atoms. The minimum atomic E-state index is -0.963. The highest BCUT2D eigenvalue weighted by atomic mass is 32.1. The van der Waals surface area contributed by atoms with Gasteiger partial charge < -0.3 is 10.4 Å². The molecule has 4 aromatic rings. The van der Waals surface area contributed by atoms with Gasteiger partial charge in [0, 0.05) is 5.38 Å². The molecule has 5 heteroatoms. The van der Waals surface area contributed by atoms with E-state index >= 15 is 0 Å². The molecule has 4 nitrogen and oxygen atoms in total. The topological polar surface area (TPSA) is 62.2 Å². The van der Waals surface area contributed by atoms with E-state index in [1.54, 1.807) is 0 Å². The van der Waals surface area contributed by atoms with E-state index in [1.807, 2.05) is 87.7 Å². The summed E-state index contributed by atoms with van der Waals surface area (Å²) in [5.74, 6) is -0.963. The number of carbonyl (C=O) groups is 1. The quantitative estimate of drug-likeness (QED) is 0.212. The van der Waals surface area contributed by atoms with Crippen molar-refractivity contribution in [3.8, 4) is 0 Å². The number of hydrogen-bond acceptors (Lipinski definition) is 4. The van der Waals surface area contributed by atoms with Crippen LogP contribution in [0, 0.1) is 5.41 Å². The summed E-state index contributed by atoms with van der Waals surface area (Å²) in [6.45, 7) is 7.92. The Labute approximate surface area is 211 Å². The van der Waals surface area contributed by atoms with E-state index in [-0.39, 0.29) is 11.0 Å². The van der Waals surface area contributed by atoms with Crippen LogP contribution in [0.1, 0.15) is 50.1 Å². The van der Waals surface area contributed by atoms with E-state index in [2.05, 4.69) is 41.7 Å². The van der Waals surface area contributed by atoms with Gasteiger partial charge in [0.05, 0.1) is 11.3 Å². The normalized spacial score (nSPS) is 12.7. The van der Waals surface area contributed by atoms with Gasteiger partial charge in [0.15, 0.2) is 5.13 Å². The largest absolute Gasteiger partial charge is 0.478 e. The van der Waals surface area contributed by atoms with Crippen molar-refractivity contribution in [3.05, 3.63) is 124 Å². The zero-order valence-electron chi connectivity index (χ0n) is 20.4. The first-order valence-corrected chi connectivity index (χ1v) is 12.5. The van der Waals surface area contributed by atoms with E-state index in [1.165, 1.54) is 11.3 Å². The molecule has 0 unspecified atom stereocenters. The smallest absolute Gasteiger partial charge is 0.337 e. The summed E-state index contributed by atoms with van der Waals surface area (Å²) in [5.41, 5.74) is 3.71. The maximum atomic E-state index is 12.2. The number of nitrogens with zero attached hydrogens (tertiary/aromatic N) is 1. The SMILES string of the molecule is CC(=C(C(=O)O)c1csc(NC(c2ccccc2)(c2ccccc2)c2ccccc2)n1)C(C)(C)C. The molecule has 0 amide bonds. The zero-order valence-corrected chi connectivity index (χ0v) is 21.3. The lowest BCUT2D eigenvalue weighted by atomic mass is 9.77. The Morgan fingerprint density at radius 3 is 1.60 bits per heavy atom. The van der Waals surface area contributed by atoms with E-state index in [0.717, 1.165) is 22.3 Å². The number of hydrogen-bond donors (Lipinski definition) is 2. The molecule has 3 aromatic carbocycles. The third-order valence-corrected chi connectivity index (χ3v) is 7.15. The highest BCUT2D eigenvalue weighted by molar-refractivity contribution is 7.13. The third kappa shape index (κ3) is 4.91. The maximum absolute atomic E-state index is 12.2. The number of carboxylic acid groups (broad SMARTS) is 1. The Kier molecular flexibility index (Phi) is 6.90. The van der Waals surface area contributed by atoms with Gasteiger partial charge in [-0.25, -0.2) is 9.78 Å². The molecule has 0 bridgehead atoms. The number of nitrogens with one attached hydrogen (secondary N) is 1. The van der Waals surface area contributed by atoms with Gasteiger partial charge in [-0.3, -0.25) is 0 Å². The van der Waals surface area contributed by atoms with Crippen LogP contribution in [-0.2, 0) is 10.3 Å². The van der Waals surface area contributed by atoms with Crippen LogP contribution in [-0.4, -0.2) is 16.1 Å². The molecular formula is C30H30N2O2S. The molecule has 0 radical (unpaired) electrons. The van der Waals surface area contributed by atoms with E-state index in [4.69, 9.17) is 4.98 Å². The van der Waals surface area contributed by atoms with Crippen LogP contribution in [0.5, 0.6) is 0 Å². The third-order valence-electron chi connectivity index (χ3n) is 6.39. The van der Waals surface area contributed by atoms with Gasteiger partial charge in [0.1, 0.15) is 5.54 Å². The molecule has 0 saturated carbocycles. The lowest BCUT2D eigenvalue weighted by Crippen LogP contribution is -2.38. The summed E-state index contributed by atoms with van der Waals surface area (Å²) in [6.07, 6.45) is 0. The van der Waals surface area contributed by atoms with Gasteiger partial charge in [0.2, 0.25) is 0 Å². The molecule has 0 atom stereocenters. The average Bonchev–Trinajstić information content (AvgIpc) is 3.31. The number of anilines is 1. The molecule has 0 aliphatic heterocycles. The Hall–Kier alpha value is -3.70. The summed E-state index contributed by atoms with van der Waals surface area (Å²) in [5, 5.41) is 16.2. The summed E-state index contributed by atoms with van der Waals surface area (Å²) in [4.78, 5) is 17.0. The summed E-state index contributed by atoms with van der Waals surface area (Å²) < 4.78 is 0. The minimum Gasteiger partial charge on any atom is -0.478 e. The fourth-order valence-electron chi connectivity index (χ4n) is 4.22. The maximum Gasteiger partial charge on any atom is 0.337 e. The number of carboxylic acids is 1. The fraction of sp³-hybridized carbons (Fsp3) is 0.200. The number of benzene rings is 3. The number of rotatable bonds is 7. The Morgan fingerprint density at radius 1 is 0.800 bits per heavy atom. The van der Waals surface area contributed by atoms with Crippen LogP contribution in [0.4, 0.5) is 5.13 Å². The molecular weight excluding hydrogens is 452 g/mol. The molecule has 4 rings (SSSR count). The Morgan fingerprint density at radius 2 is 1.23 bits per heavy atom. The van der Waals surface area contributed by atoms with E-state index in [0.29, 0.717) is 10.8 Å². The molecule has 2 N–H and O–H groups in total. The van der Waals surface area contributed by atoms with Crippen LogP contribution in [0.2, 0.25) is 0 Å². The van der Waals surface area contributed by atoms with Crippen LogP contribution in [0.15, 0.2) is 102 Å². The van der Waals surface area contributed by atoms with Crippen molar-refractivity contribution in [2.75, 3.05) is 5.32 Å². The number of allylic oxidation sites excluding steroid dienone is 1. The van der Waals surface area contributed by atoms with E-state index < -0.39 is 11.5 Å². The monoisotopic (exact) mass is 482 g/mol. The van der Waals surface area contributed by atoms with Crippen molar-refractivity contribution in [3.63, 3.8) is 0 Å². The predicted molar refractivity (Wildman–Crippen MR) is 145 cm³/mol. The highest BCUT2D eigenvalue weighted by Crippen LogP contribution is 2.41. The minimum absolute atomic E-state index is 0.256. The first-order valence-electron chi connectivity index (χ1n) is 11.6. The van der Waals surface area contributed by atoms with Gasteiger partial charge in [-0.15, -0.1) is 11.3 Å². The van der Waals surface area contributed by atoms with Crippen molar-refractivity contribution in [2.24, 2.45) is 5.41 Å². The lowest BCUT2D eigenvalue weighted by molar-refractivity contribution is -0.130. The molecule has 0 saturated heterocycles. The van der Waals surface area contributed by atoms with Crippen molar-refractivity contribution < 1.29 is 9.90 Å². The second-order valence-corrected chi connectivity index (χ2v) is 10.4. The van der Waals surface area contributed by atoms with Gasteiger partial charge in [-0.05, 0) is 29.0 Å². The summed E-state index contributed by atoms with van der Waals surface area (Å²) >= 11 is 1.41. The van der Waals surface area contributed by atoms with Gasteiger partial charge in [-0.1, -0.05) is 117 Å². The van der Waals surface area contributed by atoms with E-state index in [9.17, 15) is 9.90 Å². The van der Waals surface area contributed by atoms with Gasteiger partial charge in [-0.2, -0.15) is 0 Å². The van der Waals surface area contributed by atoms with Crippen LogP contribution < -0.4 is 5.32 Å². The number of thiazole rings is 1. The molecule has 178 valence electrons. The van der Waals surface area contributed by atoms with Crippen LogP contribution in [0.3, 0.4) is 0 Å². The summed E-state index contributed by atoms with van der Waals surface area (Å²) in [6, 6.07) is 30.8. The fourth-order valence-corrected chi connectivity index (χ4v) is 4.98. The average molecular weight is 483 g/mol. The van der Waals surface area contributed by atoms with Crippen molar-refractivity contribution in [1.82, 2.24) is 4.98 Å². The Bertz CT molecular complexity index is 1220. The number of aliphatic carboxylic acids is 1. The second-order valence-electron chi connectivity index (χ2n) is 9.57. The van der Waals surface area contributed by atoms with Crippen LogP contribution >= 0.6 is 11.3 Å². The molecule has 0 aliphatic carbocycles. The Balaban J connectivity index is 1.91. The number of aromatic nitrogens is 1. The van der Waals surface area contributed by atoms with Crippen molar-refractivity contribution in [2.45, 2.75) is 33.2 Å². The summed E-state index contributed by atoms with van der Waals surface area (Å²) in [7, 11) is 0. The molecule has 0 fully saturated rings. The van der Waals surface area contributed by atoms with Crippen molar-refractivity contribution >= 4 is 28.0 Å². The molecule has 1 heterocycles. The first-order chi connectivity index (χ1) is 16.7. The van der Waals surface area contributed by atoms with Crippen molar-refractivity contribution in [1.29, 1.82) is 0 Å². The zero-order chi connectivity index (χ0) is 25.1. The standard InChI is InChI=1S/C30H30N2O2S/c1-21(29(2,3)4)26(27(33)34)25-20-35-28(31-25)32-30(22-14-8-5-9-15-22,23-16-10-6-11-17-23)24-18-12-7-13-19-24/h5-20H,1-4H3,(H,31,32)(H,33,34). The van der Waals surface area contributed by atoms with Crippen LogP contribution in [0.25, 0.3) is 5.57 Å². The second kappa shape index (κ2) is 9.88. The molecule has 0 aliphatic rings. The van der Waals surface area contributed by atoms with Gasteiger partial charge in [0.25, 0.3) is 0 Å². The highest BCUT2D eigenvalue weighted by Gasteiger charge is 2.37. The molecule has 35 heavy (non-hydrogen) atoms. The molecule has 1 aromatic heterocycles. The first kappa shape index (κ1) is 24.4. The predicted octanol–water partition coefficient (Wildman–Crippen LogP) is 7.45. The van der Waals surface area contributed by atoms with Gasteiger partial charge >= 0.3 is 5.97 Å².